The van der Waals surface area contributed by atoms with Crippen molar-refractivity contribution in [3.8, 4) is 5.75 Å². The first kappa shape index (κ1) is 20.5. The van der Waals surface area contributed by atoms with Gasteiger partial charge in [0.1, 0.15) is 5.75 Å². The highest BCUT2D eigenvalue weighted by molar-refractivity contribution is 5.92. The summed E-state index contributed by atoms with van der Waals surface area (Å²) >= 11 is 0. The Bertz CT molecular complexity index is 910. The van der Waals surface area contributed by atoms with Crippen LogP contribution in [0.25, 0.3) is 0 Å². The molecule has 0 fully saturated rings. The molecule has 0 heterocycles. The minimum absolute atomic E-state index is 0.199. The summed E-state index contributed by atoms with van der Waals surface area (Å²) in [5.41, 5.74) is 3.02. The second kappa shape index (κ2) is 9.78. The molecule has 0 aliphatic rings. The topological polar surface area (TPSA) is 41.6 Å². The molecule has 3 aromatic rings. The average molecular weight is 389 g/mol. The molecule has 3 aromatic carbocycles. The lowest BCUT2D eigenvalue weighted by molar-refractivity contribution is 0.178. The minimum Gasteiger partial charge on any atom is -0.471 e. The van der Waals surface area contributed by atoms with Gasteiger partial charge in [-0.25, -0.2) is 4.79 Å². The Morgan fingerprint density at radius 3 is 2.10 bits per heavy atom. The van der Waals surface area contributed by atoms with Crippen molar-refractivity contribution >= 4 is 11.7 Å². The third-order valence-electron chi connectivity index (χ3n) is 4.67. The number of benzene rings is 3. The van der Waals surface area contributed by atoms with Crippen LogP contribution in [0.5, 0.6) is 5.75 Å². The summed E-state index contributed by atoms with van der Waals surface area (Å²) in [4.78, 5) is 14.8. The summed E-state index contributed by atoms with van der Waals surface area (Å²) in [6.07, 6.45) is -0.468. The summed E-state index contributed by atoms with van der Waals surface area (Å²) in [5.74, 6) is 1.14. The Kier molecular flexibility index (Phi) is 6.90. The Labute approximate surface area is 173 Å². The number of hydrogen-bond acceptors (Lipinski definition) is 2. The highest BCUT2D eigenvalue weighted by Crippen LogP contribution is 2.26. The number of rotatable bonds is 7. The molecule has 3 rings (SSSR count). The van der Waals surface area contributed by atoms with E-state index >= 15 is 0 Å². The first-order valence-corrected chi connectivity index (χ1v) is 9.97. The SMILES string of the molecule is CC(NC(=O)N(Cc1ccccc1)c1ccccc1)Oc1ccccc1C(C)C. The van der Waals surface area contributed by atoms with E-state index in [9.17, 15) is 4.79 Å². The van der Waals surface area contributed by atoms with Gasteiger partial charge in [0, 0.05) is 5.69 Å². The van der Waals surface area contributed by atoms with Crippen LogP contribution in [-0.2, 0) is 6.54 Å². The first-order chi connectivity index (χ1) is 14.0. The Balaban J connectivity index is 1.74. The number of hydrogen-bond donors (Lipinski definition) is 1. The van der Waals surface area contributed by atoms with Crippen LogP contribution in [0, 0.1) is 0 Å². The fraction of sp³-hybridized carbons (Fsp3) is 0.240. The summed E-state index contributed by atoms with van der Waals surface area (Å²) < 4.78 is 6.06. The molecule has 29 heavy (non-hydrogen) atoms. The lowest BCUT2D eigenvalue weighted by Gasteiger charge is -2.26. The predicted octanol–water partition coefficient (Wildman–Crippen LogP) is 5.95. The molecule has 0 bridgehead atoms. The van der Waals surface area contributed by atoms with Crippen LogP contribution >= 0.6 is 0 Å². The van der Waals surface area contributed by atoms with Crippen molar-refractivity contribution in [3.05, 3.63) is 96.1 Å². The molecule has 1 unspecified atom stereocenters. The molecule has 0 aromatic heterocycles. The van der Waals surface area contributed by atoms with Crippen molar-refractivity contribution in [2.45, 2.75) is 39.5 Å². The Morgan fingerprint density at radius 1 is 0.862 bits per heavy atom. The van der Waals surface area contributed by atoms with E-state index in [-0.39, 0.29) is 6.03 Å². The van der Waals surface area contributed by atoms with Gasteiger partial charge in [-0.2, -0.15) is 0 Å². The van der Waals surface area contributed by atoms with Crippen molar-refractivity contribution in [1.29, 1.82) is 0 Å². The van der Waals surface area contributed by atoms with Gasteiger partial charge in [-0.05, 0) is 42.2 Å². The van der Waals surface area contributed by atoms with Gasteiger partial charge in [-0.3, -0.25) is 4.90 Å². The molecule has 0 saturated carbocycles. The van der Waals surface area contributed by atoms with Crippen molar-refractivity contribution in [2.24, 2.45) is 0 Å². The van der Waals surface area contributed by atoms with Crippen LogP contribution in [0.15, 0.2) is 84.9 Å². The van der Waals surface area contributed by atoms with Crippen LogP contribution in [0.3, 0.4) is 0 Å². The molecule has 0 spiro atoms. The van der Waals surface area contributed by atoms with Gasteiger partial charge in [-0.1, -0.05) is 80.6 Å². The smallest absolute Gasteiger partial charge is 0.325 e. The predicted molar refractivity (Wildman–Crippen MR) is 118 cm³/mol. The van der Waals surface area contributed by atoms with Crippen molar-refractivity contribution in [3.63, 3.8) is 0 Å². The second-order valence-electron chi connectivity index (χ2n) is 7.31. The van der Waals surface area contributed by atoms with E-state index in [1.54, 1.807) is 4.90 Å². The van der Waals surface area contributed by atoms with E-state index in [0.717, 1.165) is 22.6 Å². The zero-order valence-electron chi connectivity index (χ0n) is 17.2. The van der Waals surface area contributed by atoms with Crippen molar-refractivity contribution in [1.82, 2.24) is 5.32 Å². The van der Waals surface area contributed by atoms with E-state index in [2.05, 4.69) is 25.2 Å². The maximum Gasteiger partial charge on any atom is 0.325 e. The molecule has 0 saturated heterocycles. The van der Waals surface area contributed by atoms with Crippen LogP contribution in [0.4, 0.5) is 10.5 Å². The van der Waals surface area contributed by atoms with Gasteiger partial charge in [0.2, 0.25) is 0 Å². The van der Waals surface area contributed by atoms with Crippen LogP contribution in [-0.4, -0.2) is 12.3 Å². The monoisotopic (exact) mass is 388 g/mol. The number of ether oxygens (including phenoxy) is 1. The number of urea groups is 1. The van der Waals surface area contributed by atoms with Crippen molar-refractivity contribution in [2.75, 3.05) is 4.90 Å². The van der Waals surface area contributed by atoms with E-state index < -0.39 is 6.23 Å². The van der Waals surface area contributed by atoms with E-state index in [4.69, 9.17) is 4.74 Å². The number of amides is 2. The third kappa shape index (κ3) is 5.61. The van der Waals surface area contributed by atoms with Crippen LogP contribution in [0.2, 0.25) is 0 Å². The van der Waals surface area contributed by atoms with E-state index in [1.165, 1.54) is 0 Å². The van der Waals surface area contributed by atoms with Gasteiger partial charge in [0.05, 0.1) is 6.54 Å². The molecular formula is C25H28N2O2. The standard InChI is InChI=1S/C25H28N2O2/c1-19(2)23-16-10-11-17-24(23)29-20(3)26-25(28)27(22-14-8-5-9-15-22)18-21-12-6-4-7-13-21/h4-17,19-20H,18H2,1-3H3,(H,26,28). The van der Waals surface area contributed by atoms with Gasteiger partial charge in [-0.15, -0.1) is 0 Å². The lowest BCUT2D eigenvalue weighted by Crippen LogP contribution is -2.45. The summed E-state index contributed by atoms with van der Waals surface area (Å²) in [7, 11) is 0. The fourth-order valence-corrected chi connectivity index (χ4v) is 3.19. The number of carbonyl (C=O) groups excluding carboxylic acids is 1. The number of carbonyl (C=O) groups is 1. The van der Waals surface area contributed by atoms with Gasteiger partial charge < -0.3 is 10.1 Å². The summed E-state index contributed by atoms with van der Waals surface area (Å²) in [6, 6.07) is 27.4. The maximum absolute atomic E-state index is 13.1. The number of nitrogens with zero attached hydrogens (tertiary/aromatic N) is 1. The molecule has 0 aliphatic heterocycles. The number of nitrogens with one attached hydrogen (secondary N) is 1. The molecule has 4 heteroatoms. The second-order valence-corrected chi connectivity index (χ2v) is 7.31. The normalized spacial score (nSPS) is 11.7. The van der Waals surface area contributed by atoms with E-state index in [0.29, 0.717) is 12.5 Å². The highest BCUT2D eigenvalue weighted by Gasteiger charge is 2.19. The van der Waals surface area contributed by atoms with Crippen LogP contribution in [0.1, 0.15) is 37.8 Å². The molecule has 2 amide bonds. The van der Waals surface area contributed by atoms with Crippen molar-refractivity contribution < 1.29 is 9.53 Å². The van der Waals surface area contributed by atoms with Crippen LogP contribution < -0.4 is 15.0 Å². The fourth-order valence-electron chi connectivity index (χ4n) is 3.19. The Hall–Kier alpha value is -3.27. The third-order valence-corrected chi connectivity index (χ3v) is 4.67. The van der Waals surface area contributed by atoms with Gasteiger partial charge in [0.15, 0.2) is 6.23 Å². The minimum atomic E-state index is -0.468. The van der Waals surface area contributed by atoms with Gasteiger partial charge in [0.25, 0.3) is 0 Å². The highest BCUT2D eigenvalue weighted by atomic mass is 16.5. The largest absolute Gasteiger partial charge is 0.471 e. The number of anilines is 1. The Morgan fingerprint density at radius 2 is 1.45 bits per heavy atom. The molecule has 1 atom stereocenters. The quantitative estimate of drug-likeness (QED) is 0.508. The lowest BCUT2D eigenvalue weighted by atomic mass is 10.0. The summed E-state index contributed by atoms with van der Waals surface area (Å²) in [5, 5.41) is 2.98. The zero-order chi connectivity index (χ0) is 20.6. The van der Waals surface area contributed by atoms with E-state index in [1.807, 2.05) is 85.8 Å². The molecular weight excluding hydrogens is 360 g/mol. The average Bonchev–Trinajstić information content (AvgIpc) is 2.73. The molecule has 1 N–H and O–H groups in total. The zero-order valence-corrected chi connectivity index (χ0v) is 17.2. The maximum atomic E-state index is 13.1. The molecule has 0 aliphatic carbocycles. The first-order valence-electron chi connectivity index (χ1n) is 9.97. The molecule has 4 nitrogen and oxygen atoms in total. The number of para-hydroxylation sites is 2. The van der Waals surface area contributed by atoms with Gasteiger partial charge >= 0.3 is 6.03 Å². The molecule has 150 valence electrons. The molecule has 0 radical (unpaired) electrons. The summed E-state index contributed by atoms with van der Waals surface area (Å²) in [6.45, 7) is 6.58.